The quantitative estimate of drug-likeness (QED) is 0.105. The highest BCUT2D eigenvalue weighted by Crippen LogP contribution is 2.47. The van der Waals surface area contributed by atoms with Crippen molar-refractivity contribution in [1.82, 2.24) is 0 Å². The molecule has 15 nitrogen and oxygen atoms in total. The SMILES string of the molecule is O=C1C[C@@H](c2ccc(O)cc2)c2c(O)cc(O)c3c(=O)c(O)c(oc23)-c2cc(O)c(O)c(c2)O[C@@H]2O[C@@H](CO1)[C@@H](O)C(O)C2O. The topological polar surface area (TPSA) is 257 Å². The maximum absolute atomic E-state index is 13.4. The molecule has 1 saturated heterocycles. The zero-order chi connectivity index (χ0) is 32.3. The molecule has 6 bridgehead atoms. The lowest BCUT2D eigenvalue weighted by Gasteiger charge is -2.40. The number of benzene rings is 3. The molecule has 6 rings (SSSR count). The number of aliphatic hydroxyl groups excluding tert-OH is 3. The summed E-state index contributed by atoms with van der Waals surface area (Å²) in [5, 5.41) is 94.4. The van der Waals surface area contributed by atoms with Crippen LogP contribution in [0.15, 0.2) is 51.7 Å². The number of ether oxygens (including phenoxy) is 3. The molecule has 1 fully saturated rings. The fourth-order valence-electron chi connectivity index (χ4n) is 5.46. The summed E-state index contributed by atoms with van der Waals surface area (Å²) in [5.74, 6) is -7.66. The summed E-state index contributed by atoms with van der Waals surface area (Å²) >= 11 is 0. The molecule has 4 aromatic rings. The van der Waals surface area contributed by atoms with Crippen LogP contribution in [0.5, 0.6) is 40.2 Å². The van der Waals surface area contributed by atoms with Gasteiger partial charge in [0.1, 0.15) is 59.2 Å². The molecule has 0 saturated carbocycles. The average molecular weight is 627 g/mol. The van der Waals surface area contributed by atoms with E-state index in [4.69, 9.17) is 18.6 Å². The highest BCUT2D eigenvalue weighted by Gasteiger charge is 2.46. The number of phenols is 5. The van der Waals surface area contributed by atoms with Crippen molar-refractivity contribution in [2.75, 3.05) is 6.61 Å². The van der Waals surface area contributed by atoms with E-state index in [2.05, 4.69) is 0 Å². The number of rotatable bonds is 1. The van der Waals surface area contributed by atoms with E-state index in [-0.39, 0.29) is 16.9 Å². The van der Waals surface area contributed by atoms with E-state index in [0.717, 1.165) is 18.2 Å². The van der Waals surface area contributed by atoms with Gasteiger partial charge in [0.25, 0.3) is 0 Å². The number of phenolic OH excluding ortho intramolecular Hbond substituents is 5. The Morgan fingerprint density at radius 3 is 2.18 bits per heavy atom. The van der Waals surface area contributed by atoms with Crippen LogP contribution in [0.25, 0.3) is 22.3 Å². The lowest BCUT2D eigenvalue weighted by atomic mass is 9.86. The molecule has 45 heavy (non-hydrogen) atoms. The molecule has 9 N–H and O–H groups in total. The van der Waals surface area contributed by atoms with Crippen LogP contribution in [0.2, 0.25) is 0 Å². The van der Waals surface area contributed by atoms with Gasteiger partial charge in [-0.15, -0.1) is 0 Å². The first-order chi connectivity index (χ1) is 21.3. The van der Waals surface area contributed by atoms with E-state index in [1.165, 1.54) is 24.3 Å². The standard InChI is InChI=1S/C30H26O15/c31-12-3-1-10(2-4-12)13-7-19(35)42-9-18-23(37)25(39)27(41)30(44-18)43-17-6-11(5-16(34)22(17)36)28-26(40)24(38)21-15(33)8-14(32)20(13)29(21)45-28/h1-6,8,13,18,23,25,27,30-34,36-37,39-41H,7,9H2/t13-,18-,23+,25?,27?,30+/m0/s1. The molecule has 15 heteroatoms. The Morgan fingerprint density at radius 1 is 0.756 bits per heavy atom. The van der Waals surface area contributed by atoms with Crippen LogP contribution in [0.1, 0.15) is 23.5 Å². The largest absolute Gasteiger partial charge is 0.508 e. The number of carbonyl (C=O) groups excluding carboxylic acids is 1. The van der Waals surface area contributed by atoms with Crippen molar-refractivity contribution in [3.05, 3.63) is 63.8 Å². The van der Waals surface area contributed by atoms with Crippen LogP contribution in [0, 0.1) is 0 Å². The maximum atomic E-state index is 13.4. The number of aromatic hydroxyl groups is 6. The molecule has 2 aliphatic rings. The smallest absolute Gasteiger partial charge is 0.306 e. The number of esters is 1. The summed E-state index contributed by atoms with van der Waals surface area (Å²) in [5.41, 5.74) is -1.81. The number of cyclic esters (lactones) is 1. The molecule has 0 spiro atoms. The molecule has 3 aromatic carbocycles. The highest BCUT2D eigenvalue weighted by molar-refractivity contribution is 5.92. The van der Waals surface area contributed by atoms with Gasteiger partial charge in [-0.05, 0) is 29.8 Å². The average Bonchev–Trinajstić information content (AvgIpc) is 2.99. The van der Waals surface area contributed by atoms with Crippen LogP contribution in [-0.4, -0.2) is 89.2 Å². The van der Waals surface area contributed by atoms with E-state index in [1.54, 1.807) is 0 Å². The first kappa shape index (κ1) is 29.8. The summed E-state index contributed by atoms with van der Waals surface area (Å²) < 4.78 is 22.3. The Hall–Kier alpha value is -5.22. The second kappa shape index (κ2) is 11.0. The number of fused-ring (bicyclic) bond motifs is 6. The van der Waals surface area contributed by atoms with Gasteiger partial charge in [0.15, 0.2) is 17.3 Å². The zero-order valence-electron chi connectivity index (χ0n) is 22.9. The fraction of sp³-hybridized carbons (Fsp3) is 0.267. The Labute approximate surface area is 251 Å². The molecule has 1 aromatic heterocycles. The summed E-state index contributed by atoms with van der Waals surface area (Å²) in [7, 11) is 0. The molecular weight excluding hydrogens is 600 g/mol. The summed E-state index contributed by atoms with van der Waals surface area (Å²) in [4.78, 5) is 26.7. The minimum Gasteiger partial charge on any atom is -0.508 e. The third-order valence-electron chi connectivity index (χ3n) is 7.79. The Kier molecular flexibility index (Phi) is 7.33. The predicted molar refractivity (Wildman–Crippen MR) is 149 cm³/mol. The summed E-state index contributed by atoms with van der Waals surface area (Å²) in [6, 6.07) is 8.14. The normalized spacial score (nSPS) is 25.1. The van der Waals surface area contributed by atoms with Crippen LogP contribution < -0.4 is 10.2 Å². The second-order valence-electron chi connectivity index (χ2n) is 10.6. The molecular formula is C30H26O15. The van der Waals surface area contributed by atoms with E-state index in [1.807, 2.05) is 0 Å². The van der Waals surface area contributed by atoms with Gasteiger partial charge in [-0.2, -0.15) is 0 Å². The third kappa shape index (κ3) is 5.06. The summed E-state index contributed by atoms with van der Waals surface area (Å²) in [6.45, 7) is -0.668. The number of carbonyl (C=O) groups is 1. The minimum absolute atomic E-state index is 0.128. The van der Waals surface area contributed by atoms with E-state index in [9.17, 15) is 55.5 Å². The molecule has 236 valence electrons. The van der Waals surface area contributed by atoms with E-state index >= 15 is 0 Å². The molecule has 0 aliphatic carbocycles. The number of aliphatic hydroxyl groups is 3. The van der Waals surface area contributed by atoms with Gasteiger partial charge in [-0.25, -0.2) is 0 Å². The van der Waals surface area contributed by atoms with Crippen molar-refractivity contribution in [2.45, 2.75) is 43.0 Å². The van der Waals surface area contributed by atoms with Crippen molar-refractivity contribution in [2.24, 2.45) is 0 Å². The van der Waals surface area contributed by atoms with Crippen LogP contribution in [-0.2, 0) is 14.3 Å². The lowest BCUT2D eigenvalue weighted by Crippen LogP contribution is -2.60. The minimum atomic E-state index is -1.91. The van der Waals surface area contributed by atoms with Gasteiger partial charge in [0, 0.05) is 23.1 Å². The first-order valence-corrected chi connectivity index (χ1v) is 13.5. The van der Waals surface area contributed by atoms with Gasteiger partial charge in [-0.3, -0.25) is 9.59 Å². The van der Waals surface area contributed by atoms with Crippen molar-refractivity contribution >= 4 is 16.9 Å². The summed E-state index contributed by atoms with van der Waals surface area (Å²) in [6.07, 6.45) is -9.37. The van der Waals surface area contributed by atoms with Crippen LogP contribution in [0.4, 0.5) is 0 Å². The van der Waals surface area contributed by atoms with Gasteiger partial charge in [0.2, 0.25) is 23.2 Å². The van der Waals surface area contributed by atoms with Gasteiger partial charge < -0.3 is 64.6 Å². The fourth-order valence-corrected chi connectivity index (χ4v) is 5.46. The highest BCUT2D eigenvalue weighted by atomic mass is 16.7. The molecule has 3 heterocycles. The zero-order valence-corrected chi connectivity index (χ0v) is 22.9. The third-order valence-corrected chi connectivity index (χ3v) is 7.79. The lowest BCUT2D eigenvalue weighted by molar-refractivity contribution is -0.278. The first-order valence-electron chi connectivity index (χ1n) is 13.5. The Morgan fingerprint density at radius 2 is 1.47 bits per heavy atom. The van der Waals surface area contributed by atoms with Crippen molar-refractivity contribution in [3.63, 3.8) is 0 Å². The van der Waals surface area contributed by atoms with Crippen molar-refractivity contribution < 1.29 is 69.4 Å². The van der Waals surface area contributed by atoms with Crippen LogP contribution >= 0.6 is 0 Å². The van der Waals surface area contributed by atoms with Crippen LogP contribution in [0.3, 0.4) is 0 Å². The number of hydrogen-bond donors (Lipinski definition) is 9. The molecule has 0 radical (unpaired) electrons. The van der Waals surface area contributed by atoms with Crippen molar-refractivity contribution in [3.8, 4) is 51.6 Å². The Bertz CT molecular complexity index is 1860. The maximum Gasteiger partial charge on any atom is 0.306 e. The Balaban J connectivity index is 1.65. The second-order valence-corrected chi connectivity index (χ2v) is 10.6. The monoisotopic (exact) mass is 626 g/mol. The molecule has 6 atom stereocenters. The van der Waals surface area contributed by atoms with Gasteiger partial charge in [-0.1, -0.05) is 12.1 Å². The molecule has 2 aliphatic heterocycles. The molecule has 0 amide bonds. The molecule has 2 unspecified atom stereocenters. The predicted octanol–water partition coefficient (Wildman–Crippen LogP) is 0.959. The van der Waals surface area contributed by atoms with Gasteiger partial charge >= 0.3 is 5.97 Å². The van der Waals surface area contributed by atoms with E-state index in [0.29, 0.717) is 5.56 Å². The van der Waals surface area contributed by atoms with Crippen molar-refractivity contribution in [1.29, 1.82) is 0 Å². The van der Waals surface area contributed by atoms with Gasteiger partial charge in [0.05, 0.1) is 6.42 Å². The van der Waals surface area contributed by atoms with E-state index < -0.39 is 112 Å². The number of hydrogen-bond acceptors (Lipinski definition) is 15.